The number of hydrogen-bond donors (Lipinski definition) is 1. The van der Waals surface area contributed by atoms with Crippen LogP contribution in [0, 0.1) is 11.3 Å². The molecule has 0 heterocycles. The van der Waals surface area contributed by atoms with Crippen molar-refractivity contribution in [2.45, 2.75) is 60.8 Å². The molecule has 0 saturated carbocycles. The highest BCUT2D eigenvalue weighted by molar-refractivity contribution is 6.22. The van der Waals surface area contributed by atoms with Crippen LogP contribution in [-0.2, 0) is 14.4 Å². The summed E-state index contributed by atoms with van der Waals surface area (Å²) in [5.41, 5.74) is 1.45. The van der Waals surface area contributed by atoms with Crippen LogP contribution in [0.2, 0.25) is 0 Å². The number of Topliss-reactive ketones (excluding diaryl/α,β-unsaturated/α-hetero) is 1. The first kappa shape index (κ1) is 19.3. The van der Waals surface area contributed by atoms with Crippen LogP contribution in [0.25, 0.3) is 0 Å². The van der Waals surface area contributed by atoms with Gasteiger partial charge in [-0.05, 0) is 38.2 Å². The molecule has 0 atom stereocenters. The van der Waals surface area contributed by atoms with Gasteiger partial charge in [0.15, 0.2) is 11.6 Å². The second-order valence-corrected chi connectivity index (χ2v) is 7.53. The van der Waals surface area contributed by atoms with E-state index >= 15 is 0 Å². The van der Waals surface area contributed by atoms with Gasteiger partial charge in [-0.25, -0.2) is 0 Å². The Balaban J connectivity index is 2.61. The first-order chi connectivity index (χ1) is 10.6. The Morgan fingerprint density at radius 2 is 1.78 bits per heavy atom. The maximum atomic E-state index is 12.3. The molecule has 0 bridgehead atoms. The average molecular weight is 319 g/mol. The molecule has 23 heavy (non-hydrogen) atoms. The third-order valence-corrected chi connectivity index (χ3v) is 3.97. The van der Waals surface area contributed by atoms with Crippen molar-refractivity contribution in [3.63, 3.8) is 0 Å². The van der Waals surface area contributed by atoms with E-state index in [9.17, 15) is 14.4 Å². The van der Waals surface area contributed by atoms with E-state index in [1.165, 1.54) is 6.08 Å². The van der Waals surface area contributed by atoms with E-state index in [1.807, 2.05) is 34.6 Å². The zero-order valence-corrected chi connectivity index (χ0v) is 15.2. The van der Waals surface area contributed by atoms with Crippen molar-refractivity contribution < 1.29 is 14.4 Å². The van der Waals surface area contributed by atoms with E-state index in [2.05, 4.69) is 5.32 Å². The molecule has 1 amide bonds. The van der Waals surface area contributed by atoms with Gasteiger partial charge >= 0.3 is 0 Å². The summed E-state index contributed by atoms with van der Waals surface area (Å²) in [7, 11) is 0. The molecular weight excluding hydrogens is 290 g/mol. The van der Waals surface area contributed by atoms with Gasteiger partial charge in [0.2, 0.25) is 5.91 Å². The van der Waals surface area contributed by atoms with Crippen molar-refractivity contribution in [1.29, 1.82) is 0 Å². The fraction of sp³-hybridized carbons (Fsp3) is 0.632. The van der Waals surface area contributed by atoms with E-state index in [1.54, 1.807) is 6.92 Å². The number of carbonyl (C=O) groups excluding carboxylic acids is 3. The second-order valence-electron chi connectivity index (χ2n) is 7.53. The molecule has 0 aromatic rings. The van der Waals surface area contributed by atoms with Crippen LogP contribution in [0.4, 0.5) is 0 Å². The summed E-state index contributed by atoms with van der Waals surface area (Å²) >= 11 is 0. The van der Waals surface area contributed by atoms with Crippen molar-refractivity contribution in [1.82, 2.24) is 5.32 Å². The van der Waals surface area contributed by atoms with Crippen LogP contribution in [0.3, 0.4) is 0 Å². The summed E-state index contributed by atoms with van der Waals surface area (Å²) in [5, 5.41) is 2.90. The molecule has 4 heteroatoms. The van der Waals surface area contributed by atoms with Crippen molar-refractivity contribution >= 4 is 17.5 Å². The molecule has 128 valence electrons. The van der Waals surface area contributed by atoms with Gasteiger partial charge in [-0.15, -0.1) is 0 Å². The molecule has 0 radical (unpaired) electrons. The van der Waals surface area contributed by atoms with Crippen LogP contribution in [0.15, 0.2) is 22.8 Å². The van der Waals surface area contributed by atoms with Gasteiger partial charge in [-0.2, -0.15) is 0 Å². The summed E-state index contributed by atoms with van der Waals surface area (Å²) in [4.78, 5) is 36.3. The zero-order chi connectivity index (χ0) is 17.8. The lowest BCUT2D eigenvalue weighted by Gasteiger charge is -2.20. The predicted octanol–water partition coefficient (Wildman–Crippen LogP) is 3.37. The second kappa shape index (κ2) is 7.71. The number of rotatable bonds is 6. The molecule has 0 aromatic heterocycles. The van der Waals surface area contributed by atoms with E-state index in [0.717, 1.165) is 12.8 Å². The Labute approximate surface area is 139 Å². The molecule has 1 rings (SSSR count). The Morgan fingerprint density at radius 1 is 1.17 bits per heavy atom. The van der Waals surface area contributed by atoms with Gasteiger partial charge in [0.1, 0.15) is 0 Å². The standard InChI is InChI=1S/C19H29NO3/c1-12(2)16-14(17(22)13(3)11-15(16)21)9-7-8-10-20-18(23)19(4,5)6/h11-12H,7-10H2,1-6H3,(H,20,23). The van der Waals surface area contributed by atoms with Gasteiger partial charge in [0, 0.05) is 28.7 Å². The molecule has 0 aliphatic heterocycles. The fourth-order valence-electron chi connectivity index (χ4n) is 2.62. The normalized spacial score (nSPS) is 16.0. The van der Waals surface area contributed by atoms with Crippen molar-refractivity contribution in [3.8, 4) is 0 Å². The number of amides is 1. The topological polar surface area (TPSA) is 63.2 Å². The van der Waals surface area contributed by atoms with Gasteiger partial charge in [0.05, 0.1) is 0 Å². The molecule has 0 spiro atoms. The summed E-state index contributed by atoms with van der Waals surface area (Å²) in [6.45, 7) is 11.8. The van der Waals surface area contributed by atoms with Gasteiger partial charge in [0.25, 0.3) is 0 Å². The number of allylic oxidation sites excluding steroid dienone is 4. The van der Waals surface area contributed by atoms with Crippen LogP contribution in [0.1, 0.15) is 60.8 Å². The zero-order valence-electron chi connectivity index (χ0n) is 15.2. The minimum Gasteiger partial charge on any atom is -0.356 e. The summed E-state index contributed by atoms with van der Waals surface area (Å²) in [6.07, 6.45) is 3.61. The van der Waals surface area contributed by atoms with E-state index < -0.39 is 0 Å². The summed E-state index contributed by atoms with van der Waals surface area (Å²) in [6, 6.07) is 0. The highest BCUT2D eigenvalue weighted by Gasteiger charge is 2.27. The minimum absolute atomic E-state index is 0.00738. The van der Waals surface area contributed by atoms with Crippen LogP contribution in [-0.4, -0.2) is 24.0 Å². The SMILES string of the molecule is CC1=CC(=O)C(C(C)C)=C(CCCCNC(=O)C(C)(C)C)C1=O. The van der Waals surface area contributed by atoms with Crippen molar-refractivity contribution in [2.24, 2.45) is 11.3 Å². The van der Waals surface area contributed by atoms with Gasteiger partial charge < -0.3 is 5.32 Å². The van der Waals surface area contributed by atoms with Crippen LogP contribution >= 0.6 is 0 Å². The van der Waals surface area contributed by atoms with Gasteiger partial charge in [-0.1, -0.05) is 34.6 Å². The van der Waals surface area contributed by atoms with E-state index in [-0.39, 0.29) is 28.8 Å². The lowest BCUT2D eigenvalue weighted by Crippen LogP contribution is -2.35. The van der Waals surface area contributed by atoms with Crippen molar-refractivity contribution in [3.05, 3.63) is 22.8 Å². The molecule has 0 fully saturated rings. The fourth-order valence-corrected chi connectivity index (χ4v) is 2.62. The molecular formula is C19H29NO3. The largest absolute Gasteiger partial charge is 0.356 e. The molecule has 1 N–H and O–H groups in total. The number of unbranched alkanes of at least 4 members (excludes halogenated alkanes) is 1. The lowest BCUT2D eigenvalue weighted by atomic mass is 9.82. The Kier molecular flexibility index (Phi) is 6.48. The number of ketones is 2. The highest BCUT2D eigenvalue weighted by atomic mass is 16.2. The first-order valence-electron chi connectivity index (χ1n) is 8.34. The molecule has 0 aromatic carbocycles. The van der Waals surface area contributed by atoms with E-state index in [0.29, 0.717) is 29.7 Å². The van der Waals surface area contributed by atoms with Crippen molar-refractivity contribution in [2.75, 3.05) is 6.54 Å². The lowest BCUT2D eigenvalue weighted by molar-refractivity contribution is -0.128. The molecule has 0 saturated heterocycles. The monoisotopic (exact) mass is 319 g/mol. The van der Waals surface area contributed by atoms with Crippen LogP contribution in [0.5, 0.6) is 0 Å². The Hall–Kier alpha value is -1.71. The number of nitrogens with one attached hydrogen (secondary N) is 1. The number of carbonyl (C=O) groups is 3. The summed E-state index contributed by atoms with van der Waals surface area (Å²) in [5.74, 6) is 0.0360. The van der Waals surface area contributed by atoms with Gasteiger partial charge in [-0.3, -0.25) is 14.4 Å². The maximum absolute atomic E-state index is 12.3. The predicted molar refractivity (Wildman–Crippen MR) is 92.0 cm³/mol. The van der Waals surface area contributed by atoms with E-state index in [4.69, 9.17) is 0 Å². The average Bonchev–Trinajstić information content (AvgIpc) is 2.41. The third-order valence-electron chi connectivity index (χ3n) is 3.97. The van der Waals surface area contributed by atoms with Crippen LogP contribution < -0.4 is 5.32 Å². The minimum atomic E-state index is -0.388. The quantitative estimate of drug-likeness (QED) is 0.603. The molecule has 4 nitrogen and oxygen atoms in total. The highest BCUT2D eigenvalue weighted by Crippen LogP contribution is 2.28. The number of hydrogen-bond acceptors (Lipinski definition) is 3. The smallest absolute Gasteiger partial charge is 0.225 e. The first-order valence-corrected chi connectivity index (χ1v) is 8.34. The Bertz CT molecular complexity index is 560. The molecule has 1 aliphatic carbocycles. The third kappa shape index (κ3) is 5.15. The maximum Gasteiger partial charge on any atom is 0.225 e. The summed E-state index contributed by atoms with van der Waals surface area (Å²) < 4.78 is 0. The molecule has 1 aliphatic rings. The Morgan fingerprint density at radius 3 is 2.30 bits per heavy atom. The molecule has 0 unspecified atom stereocenters.